The lowest BCUT2D eigenvalue weighted by Gasteiger charge is -2.42. The molecule has 0 fully saturated rings. The highest BCUT2D eigenvalue weighted by Gasteiger charge is 2.41. The molecule has 65 heavy (non-hydrogen) atoms. The van der Waals surface area contributed by atoms with Gasteiger partial charge in [-0.05, 0) is 113 Å². The third kappa shape index (κ3) is 5.98. The highest BCUT2D eigenvalue weighted by molar-refractivity contribution is 5.84. The first-order chi connectivity index (χ1) is 32.0. The highest BCUT2D eigenvalue weighted by Crippen LogP contribution is 2.57. The van der Waals surface area contributed by atoms with E-state index in [1.54, 1.807) is 0 Å². The van der Waals surface area contributed by atoms with Gasteiger partial charge in [0.25, 0.3) is 0 Å². The molecule has 2 aromatic heterocycles. The molecule has 0 radical (unpaired) electrons. The Bertz CT molecular complexity index is 3500. The summed E-state index contributed by atoms with van der Waals surface area (Å²) in [7, 11) is 0. The second-order valence-corrected chi connectivity index (χ2v) is 18.2. The summed E-state index contributed by atoms with van der Waals surface area (Å²) in [5, 5.41) is 0. The molecular formula is C61H42N4. The fraction of sp³-hybridized carbons (Fsp3) is 0.0820. The van der Waals surface area contributed by atoms with Crippen molar-refractivity contribution < 1.29 is 0 Å². The molecule has 10 aromatic rings. The molecule has 14 rings (SSSR count). The van der Waals surface area contributed by atoms with E-state index in [-0.39, 0.29) is 17.3 Å². The molecule has 8 aromatic carbocycles. The number of pyridine rings is 1. The maximum atomic E-state index is 5.17. The van der Waals surface area contributed by atoms with Crippen LogP contribution in [0.25, 0.3) is 78.7 Å². The monoisotopic (exact) mass is 830 g/mol. The van der Waals surface area contributed by atoms with E-state index >= 15 is 0 Å². The van der Waals surface area contributed by atoms with E-state index in [0.717, 1.165) is 27.8 Å². The van der Waals surface area contributed by atoms with Crippen LogP contribution in [0.2, 0.25) is 0 Å². The molecule has 0 amide bonds. The Kier molecular flexibility index (Phi) is 8.35. The van der Waals surface area contributed by atoms with Crippen molar-refractivity contribution in [2.75, 3.05) is 0 Å². The van der Waals surface area contributed by atoms with Gasteiger partial charge in [-0.3, -0.25) is 4.98 Å². The maximum Gasteiger partial charge on any atom is 0.164 e. The van der Waals surface area contributed by atoms with Gasteiger partial charge in [0.2, 0.25) is 0 Å². The van der Waals surface area contributed by atoms with Gasteiger partial charge in [0, 0.05) is 46.3 Å². The Morgan fingerprint density at radius 3 is 1.37 bits per heavy atom. The van der Waals surface area contributed by atoms with Crippen LogP contribution in [0.4, 0.5) is 0 Å². The average molecular weight is 831 g/mol. The molecule has 2 bridgehead atoms. The molecule has 0 N–H and O–H groups in total. The second-order valence-electron chi connectivity index (χ2n) is 18.2. The normalized spacial score (nSPS) is 15.7. The van der Waals surface area contributed by atoms with Crippen LogP contribution in [0.15, 0.2) is 207 Å². The number of rotatable bonds is 6. The number of hydrogen-bond acceptors (Lipinski definition) is 4. The molecule has 0 saturated carbocycles. The lowest BCUT2D eigenvalue weighted by atomic mass is 9.60. The third-order valence-corrected chi connectivity index (χ3v) is 14.2. The van der Waals surface area contributed by atoms with Gasteiger partial charge in [0.1, 0.15) is 0 Å². The number of benzene rings is 8. The van der Waals surface area contributed by atoms with Gasteiger partial charge in [-0.1, -0.05) is 184 Å². The van der Waals surface area contributed by atoms with E-state index in [1.807, 2.05) is 36.7 Å². The van der Waals surface area contributed by atoms with Crippen LogP contribution in [0.3, 0.4) is 0 Å². The van der Waals surface area contributed by atoms with Crippen molar-refractivity contribution in [3.05, 3.63) is 251 Å². The lowest BCUT2D eigenvalue weighted by Crippen LogP contribution is -2.27. The predicted molar refractivity (Wildman–Crippen MR) is 263 cm³/mol. The molecule has 0 saturated heterocycles. The zero-order chi connectivity index (χ0) is 43.2. The molecule has 4 nitrogen and oxygen atoms in total. The summed E-state index contributed by atoms with van der Waals surface area (Å²) in [5.41, 5.74) is 23.6. The zero-order valence-corrected chi connectivity index (χ0v) is 36.1. The largest absolute Gasteiger partial charge is 0.264 e. The molecule has 2 heterocycles. The van der Waals surface area contributed by atoms with E-state index in [1.165, 1.54) is 77.9 Å². The molecule has 4 aliphatic rings. The number of hydrogen-bond donors (Lipinski definition) is 0. The van der Waals surface area contributed by atoms with Crippen LogP contribution in [0, 0.1) is 0 Å². The van der Waals surface area contributed by atoms with Crippen LogP contribution in [0.5, 0.6) is 0 Å². The van der Waals surface area contributed by atoms with Gasteiger partial charge in [0.05, 0.1) is 0 Å². The number of fused-ring (bicyclic) bond motifs is 3. The third-order valence-electron chi connectivity index (χ3n) is 14.2. The summed E-state index contributed by atoms with van der Waals surface area (Å²) < 4.78 is 0. The zero-order valence-electron chi connectivity index (χ0n) is 36.1. The fourth-order valence-electron chi connectivity index (χ4n) is 11.0. The van der Waals surface area contributed by atoms with Crippen LogP contribution < -0.4 is 0 Å². The van der Waals surface area contributed by atoms with Crippen molar-refractivity contribution in [1.82, 2.24) is 19.9 Å². The Morgan fingerprint density at radius 1 is 0.323 bits per heavy atom. The first-order valence-corrected chi connectivity index (χ1v) is 22.5. The SMILES string of the molecule is CC1(C)c2ccccc2-c2ccc(-c3nc(-c4ccccc4)nc(-c4ccc(-c5ccc6c(c5)C5c7ccccc7C6c6cc(-c7ccc(-c8cccnc8)cc7)ccc65)cc4)n3)cc21. The van der Waals surface area contributed by atoms with Gasteiger partial charge in [-0.15, -0.1) is 0 Å². The Hall–Kier alpha value is -8.08. The van der Waals surface area contributed by atoms with Crippen molar-refractivity contribution in [1.29, 1.82) is 0 Å². The summed E-state index contributed by atoms with van der Waals surface area (Å²) in [6, 6.07) is 70.7. The van der Waals surface area contributed by atoms with E-state index in [4.69, 9.17) is 15.0 Å². The number of aromatic nitrogens is 4. The number of nitrogens with zero attached hydrogens (tertiary/aromatic N) is 4. The van der Waals surface area contributed by atoms with Gasteiger partial charge in [-0.2, -0.15) is 0 Å². The molecular weight excluding hydrogens is 789 g/mol. The quantitative estimate of drug-likeness (QED) is 0.167. The lowest BCUT2D eigenvalue weighted by molar-refractivity contribution is 0.660. The van der Waals surface area contributed by atoms with Crippen molar-refractivity contribution >= 4 is 0 Å². The molecule has 4 heteroatoms. The molecule has 2 atom stereocenters. The molecule has 2 unspecified atom stereocenters. The molecule has 0 spiro atoms. The summed E-state index contributed by atoms with van der Waals surface area (Å²) in [4.78, 5) is 19.7. The Labute approximate surface area is 379 Å². The minimum absolute atomic E-state index is 0.127. The van der Waals surface area contributed by atoms with Crippen LogP contribution >= 0.6 is 0 Å². The molecule has 0 aliphatic heterocycles. The van der Waals surface area contributed by atoms with E-state index in [2.05, 4.69) is 189 Å². The summed E-state index contributed by atoms with van der Waals surface area (Å²) in [6.45, 7) is 4.62. The maximum absolute atomic E-state index is 5.17. The fourth-order valence-corrected chi connectivity index (χ4v) is 11.0. The summed E-state index contributed by atoms with van der Waals surface area (Å²) >= 11 is 0. The molecule has 306 valence electrons. The summed E-state index contributed by atoms with van der Waals surface area (Å²) in [5.74, 6) is 2.33. The van der Waals surface area contributed by atoms with Crippen molar-refractivity contribution in [3.63, 3.8) is 0 Å². The van der Waals surface area contributed by atoms with Crippen molar-refractivity contribution in [2.24, 2.45) is 0 Å². The van der Waals surface area contributed by atoms with Gasteiger partial charge >= 0.3 is 0 Å². The van der Waals surface area contributed by atoms with Crippen LogP contribution in [-0.4, -0.2) is 19.9 Å². The van der Waals surface area contributed by atoms with Gasteiger partial charge in [0.15, 0.2) is 17.5 Å². The summed E-state index contributed by atoms with van der Waals surface area (Å²) in [6.07, 6.45) is 3.74. The smallest absolute Gasteiger partial charge is 0.164 e. The predicted octanol–water partition coefficient (Wildman–Crippen LogP) is 14.6. The van der Waals surface area contributed by atoms with E-state index in [0.29, 0.717) is 17.5 Å². The first kappa shape index (κ1) is 37.5. The van der Waals surface area contributed by atoms with Crippen molar-refractivity contribution in [3.8, 4) is 78.7 Å². The minimum atomic E-state index is -0.127. The van der Waals surface area contributed by atoms with Gasteiger partial charge < -0.3 is 0 Å². The second kappa shape index (κ2) is 14.5. The first-order valence-electron chi connectivity index (χ1n) is 22.5. The topological polar surface area (TPSA) is 51.6 Å². The van der Waals surface area contributed by atoms with E-state index in [9.17, 15) is 0 Å². The average Bonchev–Trinajstić information content (AvgIpc) is 3.61. The van der Waals surface area contributed by atoms with E-state index < -0.39 is 0 Å². The van der Waals surface area contributed by atoms with Crippen molar-refractivity contribution in [2.45, 2.75) is 31.1 Å². The Balaban J connectivity index is 0.844. The highest BCUT2D eigenvalue weighted by atomic mass is 15.0. The van der Waals surface area contributed by atoms with Crippen LogP contribution in [-0.2, 0) is 5.41 Å². The standard InChI is InChI=1S/C61H42N4/c1-61(2)54-17-9-8-14-46(54)47-29-28-44(35-55(47)61)60-64-58(40-11-4-3-5-12-40)63-59(65-60)41-24-22-38(23-25-41)43-27-31-51-53(34-43)57-49-16-7-6-15-48(49)56(51)52-33-42(26-30-50(52)57)37-18-20-39(21-19-37)45-13-10-32-62-36-45/h3-36,56-57H,1-2H3. The molecule has 4 aliphatic carbocycles. The van der Waals surface area contributed by atoms with Crippen LogP contribution in [0.1, 0.15) is 70.2 Å². The van der Waals surface area contributed by atoms with Gasteiger partial charge in [-0.25, -0.2) is 15.0 Å². The minimum Gasteiger partial charge on any atom is -0.264 e. The Morgan fingerprint density at radius 2 is 0.769 bits per heavy atom.